The van der Waals surface area contributed by atoms with Crippen molar-refractivity contribution in [1.82, 2.24) is 31.9 Å². The Morgan fingerprint density at radius 2 is 0.950 bits per heavy atom. The summed E-state index contributed by atoms with van der Waals surface area (Å²) in [5.41, 5.74) is 9.49. The van der Waals surface area contributed by atoms with Crippen LogP contribution in [0.1, 0.15) is 91.5 Å². The minimum atomic E-state index is -1.58. The highest BCUT2D eigenvalue weighted by Gasteiger charge is 2.34. The van der Waals surface area contributed by atoms with Gasteiger partial charge in [-0.05, 0) is 50.0 Å². The van der Waals surface area contributed by atoms with E-state index < -0.39 is 121 Å². The highest BCUT2D eigenvalue weighted by Crippen LogP contribution is 2.11. The highest BCUT2D eigenvalue weighted by atomic mass is 16.4. The Hall–Kier alpha value is -6.12. The minimum absolute atomic E-state index is 0.00443. The highest BCUT2D eigenvalue weighted by molar-refractivity contribution is 5.97. The summed E-state index contributed by atoms with van der Waals surface area (Å²) in [4.78, 5) is 126. The maximum Gasteiger partial charge on any atom is 0.326 e. The maximum atomic E-state index is 13.8. The molecule has 21 nitrogen and oxygen atoms in total. The number of carboxylic acid groups (broad SMARTS) is 3. The van der Waals surface area contributed by atoms with Gasteiger partial charge in [-0.1, -0.05) is 58.0 Å². The number of amides is 7. The Kier molecular flexibility index (Phi) is 22.6. The fourth-order valence-electron chi connectivity index (χ4n) is 5.84. The number of carboxylic acids is 3. The number of rotatable bonds is 28. The van der Waals surface area contributed by atoms with Crippen molar-refractivity contribution in [3.8, 4) is 0 Å². The molecule has 0 heterocycles. The lowest BCUT2D eigenvalue weighted by Crippen LogP contribution is -2.69. The number of hydrogen-bond acceptors (Lipinski definition) is 10. The van der Waals surface area contributed by atoms with Crippen LogP contribution >= 0.6 is 0 Å². The molecule has 0 saturated carbocycles. The molecular formula is C39H61N8O13+. The molecule has 14 N–H and O–H groups in total. The van der Waals surface area contributed by atoms with Crippen molar-refractivity contribution >= 4 is 59.3 Å². The van der Waals surface area contributed by atoms with E-state index in [1.165, 1.54) is 6.92 Å². The van der Waals surface area contributed by atoms with Gasteiger partial charge in [0.05, 0.1) is 0 Å². The number of primary amides is 1. The van der Waals surface area contributed by atoms with Crippen LogP contribution < -0.4 is 43.4 Å². The van der Waals surface area contributed by atoms with Gasteiger partial charge in [0.1, 0.15) is 36.3 Å². The molecule has 0 bridgehead atoms. The van der Waals surface area contributed by atoms with E-state index in [1.54, 1.807) is 44.2 Å². The molecule has 0 aliphatic heterocycles. The van der Waals surface area contributed by atoms with Gasteiger partial charge in [-0.15, -0.1) is 0 Å². The third kappa shape index (κ3) is 20.5. The second-order valence-corrected chi connectivity index (χ2v) is 15.4. The third-order valence-corrected chi connectivity index (χ3v) is 8.99. The van der Waals surface area contributed by atoms with E-state index in [0.29, 0.717) is 12.0 Å². The number of nitrogens with one attached hydrogen (secondary N) is 6. The van der Waals surface area contributed by atoms with Crippen molar-refractivity contribution in [2.75, 3.05) is 0 Å². The van der Waals surface area contributed by atoms with Crippen LogP contribution in [0.2, 0.25) is 0 Å². The fourth-order valence-corrected chi connectivity index (χ4v) is 5.84. The maximum absolute atomic E-state index is 13.8. The zero-order valence-corrected chi connectivity index (χ0v) is 34.7. The van der Waals surface area contributed by atoms with Gasteiger partial charge in [0.25, 0.3) is 5.91 Å². The molecule has 0 fully saturated rings. The summed E-state index contributed by atoms with van der Waals surface area (Å²) in [5.74, 6) is -10.1. The Morgan fingerprint density at radius 3 is 1.43 bits per heavy atom. The van der Waals surface area contributed by atoms with Gasteiger partial charge in [-0.25, -0.2) is 4.79 Å². The molecule has 60 heavy (non-hydrogen) atoms. The molecule has 0 unspecified atom stereocenters. The number of carbonyl (C=O) groups is 10. The van der Waals surface area contributed by atoms with Crippen LogP contribution in [0, 0.1) is 11.8 Å². The second kappa shape index (κ2) is 26.1. The lowest BCUT2D eigenvalue weighted by molar-refractivity contribution is -0.406. The average molecular weight is 850 g/mol. The van der Waals surface area contributed by atoms with Crippen LogP contribution in [0.5, 0.6) is 0 Å². The smallest absolute Gasteiger partial charge is 0.326 e. The van der Waals surface area contributed by atoms with Crippen LogP contribution in [0.25, 0.3) is 0 Å². The number of aliphatic carboxylic acids is 3. The first kappa shape index (κ1) is 51.9. The first-order valence-electron chi connectivity index (χ1n) is 19.6. The topological polar surface area (TPSA) is 357 Å². The zero-order chi connectivity index (χ0) is 45.7. The SMILES string of the molecule is CC(C)C[C@H](NC(=O)[C@H](C)NC(=O)[C@H](CCC(=O)O)NC(=O)[C@@H]([NH3+])CC(C)C)C(=O)N[C@@H](CCC(=O)O)C(=O)N[C@@H](Cc1ccccc1)C(=O)N[C@@H](CCC(N)=O)C(=O)O. The zero-order valence-electron chi connectivity index (χ0n) is 34.7. The van der Waals surface area contributed by atoms with Crippen molar-refractivity contribution in [1.29, 1.82) is 0 Å². The molecule has 0 aromatic heterocycles. The van der Waals surface area contributed by atoms with Crippen LogP contribution in [-0.4, -0.2) is 117 Å². The normalized spacial score (nSPS) is 14.5. The number of quaternary nitrogens is 1. The molecule has 21 heteroatoms. The Balaban J connectivity index is 3.30. The van der Waals surface area contributed by atoms with Gasteiger partial charge in [-0.2, -0.15) is 0 Å². The first-order chi connectivity index (χ1) is 28.0. The molecule has 0 aliphatic carbocycles. The van der Waals surface area contributed by atoms with Crippen molar-refractivity contribution < 1.29 is 69.0 Å². The Labute approximate surface area is 347 Å². The molecule has 0 aliphatic rings. The summed E-state index contributed by atoms with van der Waals surface area (Å²) < 4.78 is 0. The van der Waals surface area contributed by atoms with Crippen LogP contribution in [-0.2, 0) is 54.4 Å². The first-order valence-corrected chi connectivity index (χ1v) is 19.6. The van der Waals surface area contributed by atoms with E-state index in [0.717, 1.165) is 0 Å². The lowest BCUT2D eigenvalue weighted by Gasteiger charge is -2.27. The van der Waals surface area contributed by atoms with E-state index in [4.69, 9.17) is 5.73 Å². The van der Waals surface area contributed by atoms with E-state index in [2.05, 4.69) is 37.6 Å². The average Bonchev–Trinajstić information content (AvgIpc) is 3.15. The molecule has 7 atom stereocenters. The molecular weight excluding hydrogens is 788 g/mol. The summed E-state index contributed by atoms with van der Waals surface area (Å²) in [7, 11) is 0. The van der Waals surface area contributed by atoms with Crippen LogP contribution in [0.4, 0.5) is 0 Å². The number of hydrogen-bond donors (Lipinski definition) is 11. The van der Waals surface area contributed by atoms with Crippen molar-refractivity contribution in [3.05, 3.63) is 35.9 Å². The van der Waals surface area contributed by atoms with Gasteiger partial charge >= 0.3 is 17.9 Å². The van der Waals surface area contributed by atoms with Crippen molar-refractivity contribution in [2.24, 2.45) is 17.6 Å². The van der Waals surface area contributed by atoms with Gasteiger partial charge in [-0.3, -0.25) is 43.2 Å². The fraction of sp³-hybridized carbons (Fsp3) is 0.590. The molecule has 7 amide bonds. The van der Waals surface area contributed by atoms with Crippen molar-refractivity contribution in [2.45, 2.75) is 135 Å². The molecule has 0 saturated heterocycles. The quantitative estimate of drug-likeness (QED) is 0.0433. The Bertz CT molecular complexity index is 1670. The molecule has 1 rings (SSSR count). The molecule has 0 spiro atoms. The van der Waals surface area contributed by atoms with Gasteiger partial charge in [0.2, 0.25) is 35.4 Å². The number of nitrogens with two attached hydrogens (primary N) is 1. The standard InChI is InChI=1S/C39H60N8O13/c1-20(2)17-24(40)34(54)43-25(12-15-31(49)50)35(55)42-22(5)33(53)46-28(18-21(3)4)37(57)44-26(13-16-32(51)52)36(56)47-29(19-23-9-7-6-8-10-23)38(58)45-27(39(59)60)11-14-30(41)48/h6-10,20-22,24-29H,11-19,40H2,1-5H3,(H2,41,48)(H,42,55)(H,43,54)(H,44,57)(H,45,58)(H,46,53)(H,47,56)(H,49,50)(H,51,52)(H,59,60)/p+1/t22-,24-,25-,26-,27-,28-,29-/m0/s1. The Morgan fingerprint density at radius 1 is 0.533 bits per heavy atom. The van der Waals surface area contributed by atoms with E-state index in [9.17, 15) is 63.3 Å². The number of benzene rings is 1. The van der Waals surface area contributed by atoms with Gasteiger partial charge in [0.15, 0.2) is 6.04 Å². The summed E-state index contributed by atoms with van der Waals surface area (Å²) in [6, 6.07) is -1.03. The predicted octanol–water partition coefficient (Wildman–Crippen LogP) is -2.06. The summed E-state index contributed by atoms with van der Waals surface area (Å²) >= 11 is 0. The van der Waals surface area contributed by atoms with Crippen LogP contribution in [0.15, 0.2) is 30.3 Å². The van der Waals surface area contributed by atoms with Gasteiger partial charge in [0, 0.05) is 32.1 Å². The monoisotopic (exact) mass is 849 g/mol. The van der Waals surface area contributed by atoms with Crippen LogP contribution in [0.3, 0.4) is 0 Å². The third-order valence-electron chi connectivity index (χ3n) is 8.99. The summed E-state index contributed by atoms with van der Waals surface area (Å²) in [6.45, 7) is 8.51. The van der Waals surface area contributed by atoms with Crippen molar-refractivity contribution in [3.63, 3.8) is 0 Å². The largest absolute Gasteiger partial charge is 0.481 e. The lowest BCUT2D eigenvalue weighted by atomic mass is 10.0. The predicted molar refractivity (Wildman–Crippen MR) is 213 cm³/mol. The summed E-state index contributed by atoms with van der Waals surface area (Å²) in [6.07, 6.45) is -2.32. The van der Waals surface area contributed by atoms with E-state index in [-0.39, 0.29) is 43.9 Å². The van der Waals surface area contributed by atoms with E-state index in [1.807, 2.05) is 13.8 Å². The summed E-state index contributed by atoms with van der Waals surface area (Å²) in [5, 5.41) is 42.9. The molecule has 1 aromatic rings. The molecule has 1 aromatic carbocycles. The van der Waals surface area contributed by atoms with Gasteiger partial charge < -0.3 is 58.7 Å². The molecule has 0 radical (unpaired) electrons. The number of carbonyl (C=O) groups excluding carboxylic acids is 7. The molecule has 334 valence electrons. The second-order valence-electron chi connectivity index (χ2n) is 15.4. The van der Waals surface area contributed by atoms with E-state index >= 15 is 0 Å². The minimum Gasteiger partial charge on any atom is -0.481 e.